The van der Waals surface area contributed by atoms with Gasteiger partial charge in [0.05, 0.1) is 39.4 Å². The van der Waals surface area contributed by atoms with E-state index in [1.165, 1.54) is 25.2 Å². The van der Waals surface area contributed by atoms with Crippen molar-refractivity contribution < 1.29 is 28.2 Å². The Balaban J connectivity index is 1.65. The second-order valence-corrected chi connectivity index (χ2v) is 8.75. The van der Waals surface area contributed by atoms with Gasteiger partial charge in [0.15, 0.2) is 11.5 Å². The molecule has 8 nitrogen and oxygen atoms in total. The average Bonchev–Trinajstić information content (AvgIpc) is 2.88. The molecule has 0 aromatic heterocycles. The molecule has 2 atom stereocenters. The Morgan fingerprint density at radius 1 is 1.11 bits per heavy atom. The molecule has 35 heavy (non-hydrogen) atoms. The van der Waals surface area contributed by atoms with E-state index >= 15 is 0 Å². The Morgan fingerprint density at radius 3 is 2.49 bits per heavy atom. The van der Waals surface area contributed by atoms with E-state index in [1.54, 1.807) is 37.4 Å². The Kier molecular flexibility index (Phi) is 7.87. The monoisotopic (exact) mass is 485 g/mol. The first-order chi connectivity index (χ1) is 17.0. The average molecular weight is 486 g/mol. The molecule has 0 aliphatic carbocycles. The maximum Gasteiger partial charge on any atom is 0.254 e. The summed E-state index contributed by atoms with van der Waals surface area (Å²) in [6.45, 7) is 4.53. The van der Waals surface area contributed by atoms with Crippen LogP contribution in [0.1, 0.15) is 39.9 Å². The quantitative estimate of drug-likeness (QED) is 0.579. The van der Waals surface area contributed by atoms with E-state index in [0.717, 1.165) is 39.3 Å². The third-order valence-corrected chi connectivity index (χ3v) is 6.73. The number of hydrogen-bond donors (Lipinski definition) is 1. The lowest BCUT2D eigenvalue weighted by Gasteiger charge is -2.40. The molecule has 0 radical (unpaired) electrons. The molecule has 2 aromatic rings. The summed E-state index contributed by atoms with van der Waals surface area (Å²) in [5, 5.41) is 3.02. The summed E-state index contributed by atoms with van der Waals surface area (Å²) in [7, 11) is 4.58. The lowest BCUT2D eigenvalue weighted by molar-refractivity contribution is -0.124. The largest absolute Gasteiger partial charge is 0.493 e. The summed E-state index contributed by atoms with van der Waals surface area (Å²) in [5.41, 5.74) is 1.12. The van der Waals surface area contributed by atoms with Crippen LogP contribution in [0, 0.1) is 5.82 Å². The molecular formula is C26H32FN3O5. The van der Waals surface area contributed by atoms with Crippen LogP contribution in [-0.4, -0.2) is 82.3 Å². The van der Waals surface area contributed by atoms with Crippen molar-refractivity contribution in [3.05, 3.63) is 58.9 Å². The fourth-order valence-corrected chi connectivity index (χ4v) is 4.88. The first-order valence-electron chi connectivity index (χ1n) is 11.8. The lowest BCUT2D eigenvalue weighted by Crippen LogP contribution is -2.46. The molecule has 0 unspecified atom stereocenters. The molecule has 0 saturated carbocycles. The predicted molar refractivity (Wildman–Crippen MR) is 128 cm³/mol. The second-order valence-electron chi connectivity index (χ2n) is 8.75. The minimum atomic E-state index is -0.826. The molecule has 1 N–H and O–H groups in total. The van der Waals surface area contributed by atoms with Gasteiger partial charge in [-0.3, -0.25) is 14.5 Å². The van der Waals surface area contributed by atoms with E-state index in [1.807, 2.05) is 0 Å². The number of carbonyl (C=O) groups excluding carboxylic acids is 2. The molecule has 2 aliphatic heterocycles. The van der Waals surface area contributed by atoms with E-state index in [2.05, 4.69) is 10.2 Å². The zero-order chi connectivity index (χ0) is 24.9. The van der Waals surface area contributed by atoms with Crippen LogP contribution in [0.5, 0.6) is 11.5 Å². The molecule has 0 bridgehead atoms. The van der Waals surface area contributed by atoms with Crippen LogP contribution >= 0.6 is 0 Å². The fourth-order valence-electron chi connectivity index (χ4n) is 4.88. The Bertz CT molecular complexity index is 1070. The maximum atomic E-state index is 14.9. The molecule has 4 rings (SSSR count). The highest BCUT2D eigenvalue weighted by atomic mass is 19.1. The van der Waals surface area contributed by atoms with E-state index in [0.29, 0.717) is 29.2 Å². The highest BCUT2D eigenvalue weighted by Crippen LogP contribution is 2.46. The number of ether oxygens (including phenoxy) is 3. The minimum Gasteiger partial charge on any atom is -0.493 e. The lowest BCUT2D eigenvalue weighted by atomic mass is 9.79. The van der Waals surface area contributed by atoms with Crippen molar-refractivity contribution in [3.63, 3.8) is 0 Å². The number of amides is 2. The molecule has 188 valence electrons. The minimum absolute atomic E-state index is 0.270. The molecule has 2 heterocycles. The number of hydrogen-bond acceptors (Lipinski definition) is 6. The van der Waals surface area contributed by atoms with E-state index in [9.17, 15) is 14.0 Å². The van der Waals surface area contributed by atoms with Crippen molar-refractivity contribution in [2.75, 3.05) is 60.7 Å². The van der Waals surface area contributed by atoms with Gasteiger partial charge in [-0.2, -0.15) is 0 Å². The van der Waals surface area contributed by atoms with Gasteiger partial charge >= 0.3 is 0 Å². The van der Waals surface area contributed by atoms with Crippen molar-refractivity contribution in [2.24, 2.45) is 0 Å². The molecule has 2 aromatic carbocycles. The summed E-state index contributed by atoms with van der Waals surface area (Å²) >= 11 is 0. The molecule has 2 aliphatic rings. The van der Waals surface area contributed by atoms with Crippen LogP contribution in [0.3, 0.4) is 0 Å². The van der Waals surface area contributed by atoms with Gasteiger partial charge in [-0.15, -0.1) is 0 Å². The Labute approximate surface area is 204 Å². The zero-order valence-electron chi connectivity index (χ0n) is 20.4. The van der Waals surface area contributed by atoms with Gasteiger partial charge in [-0.25, -0.2) is 4.39 Å². The maximum absolute atomic E-state index is 14.9. The molecule has 9 heteroatoms. The number of rotatable bonds is 8. The topological polar surface area (TPSA) is 80.3 Å². The highest BCUT2D eigenvalue weighted by Gasteiger charge is 2.44. The number of morpholine rings is 1. The number of benzene rings is 2. The second kappa shape index (κ2) is 11.0. The number of fused-ring (bicyclic) bond motifs is 1. The van der Waals surface area contributed by atoms with E-state index in [-0.39, 0.29) is 17.4 Å². The smallest absolute Gasteiger partial charge is 0.254 e. The van der Waals surface area contributed by atoms with Crippen LogP contribution in [0.2, 0.25) is 0 Å². The summed E-state index contributed by atoms with van der Waals surface area (Å²) in [5.74, 6) is -1.08. The summed E-state index contributed by atoms with van der Waals surface area (Å²) in [6.07, 6.45) is 0.774. The van der Waals surface area contributed by atoms with Crippen molar-refractivity contribution >= 4 is 11.8 Å². The predicted octanol–water partition coefficient (Wildman–Crippen LogP) is 2.59. The van der Waals surface area contributed by atoms with Gasteiger partial charge in [0.1, 0.15) is 5.82 Å². The molecule has 2 amide bonds. The van der Waals surface area contributed by atoms with Gasteiger partial charge in [0.2, 0.25) is 5.91 Å². The number of nitrogens with zero attached hydrogens (tertiary/aromatic N) is 2. The summed E-state index contributed by atoms with van der Waals surface area (Å²) in [4.78, 5) is 30.7. The third kappa shape index (κ3) is 5.11. The van der Waals surface area contributed by atoms with E-state index < -0.39 is 17.8 Å². The van der Waals surface area contributed by atoms with Crippen LogP contribution in [0.25, 0.3) is 0 Å². The normalized spacial score (nSPS) is 20.3. The Hall–Kier alpha value is -3.17. The number of nitrogens with one attached hydrogen (secondary N) is 1. The fraction of sp³-hybridized carbons (Fsp3) is 0.462. The van der Waals surface area contributed by atoms with Gasteiger partial charge < -0.3 is 24.4 Å². The van der Waals surface area contributed by atoms with Gasteiger partial charge in [-0.05, 0) is 36.7 Å². The molecule has 1 fully saturated rings. The van der Waals surface area contributed by atoms with Crippen molar-refractivity contribution in [3.8, 4) is 11.5 Å². The van der Waals surface area contributed by atoms with Crippen molar-refractivity contribution in [1.82, 2.24) is 15.1 Å². The number of carbonyl (C=O) groups is 2. The summed E-state index contributed by atoms with van der Waals surface area (Å²) < 4.78 is 31.1. The van der Waals surface area contributed by atoms with Crippen LogP contribution < -0.4 is 14.8 Å². The van der Waals surface area contributed by atoms with Crippen LogP contribution in [0.15, 0.2) is 36.4 Å². The standard InChI is InChI=1S/C26H32FN3O5/c1-29-24(17-7-4-5-8-20(17)27)23(25(31)28-9-6-10-30-11-13-35-14-12-30)18-15-21(33-2)22(34-3)16-19(18)26(29)32/h4-5,7-8,15-16,23-24H,6,9-14H2,1-3H3,(H,28,31)/t23-,24+/m0/s1. The molecule has 1 saturated heterocycles. The first kappa shape index (κ1) is 24.9. The van der Waals surface area contributed by atoms with Gasteiger partial charge in [0.25, 0.3) is 5.91 Å². The zero-order valence-corrected chi connectivity index (χ0v) is 20.4. The number of likely N-dealkylation sites (N-methyl/N-ethyl adjacent to an activating group) is 1. The van der Waals surface area contributed by atoms with E-state index in [4.69, 9.17) is 14.2 Å². The summed E-state index contributed by atoms with van der Waals surface area (Å²) in [6, 6.07) is 8.69. The van der Waals surface area contributed by atoms with Crippen molar-refractivity contribution in [2.45, 2.75) is 18.4 Å². The SMILES string of the molecule is COc1cc2c(cc1OC)[C@H](C(=O)NCCCN1CCOCC1)[C@@H](c1ccccc1F)N(C)C2=O. The molecule has 0 spiro atoms. The molecular weight excluding hydrogens is 453 g/mol. The van der Waals surface area contributed by atoms with Crippen LogP contribution in [0.4, 0.5) is 4.39 Å². The van der Waals surface area contributed by atoms with Crippen LogP contribution in [-0.2, 0) is 9.53 Å². The number of halogens is 1. The number of methoxy groups -OCH3 is 2. The highest BCUT2D eigenvalue weighted by molar-refractivity contribution is 6.02. The van der Waals surface area contributed by atoms with Gasteiger partial charge in [-0.1, -0.05) is 18.2 Å². The van der Waals surface area contributed by atoms with Gasteiger partial charge in [0, 0.05) is 37.8 Å². The van der Waals surface area contributed by atoms with Crippen molar-refractivity contribution in [1.29, 1.82) is 0 Å². The first-order valence-corrected chi connectivity index (χ1v) is 11.8. The Morgan fingerprint density at radius 2 is 1.80 bits per heavy atom. The third-order valence-electron chi connectivity index (χ3n) is 6.73.